The van der Waals surface area contributed by atoms with Crippen LogP contribution in [0.15, 0.2) is 36.0 Å². The monoisotopic (exact) mass is 293 g/mol. The zero-order chi connectivity index (χ0) is 15.8. The predicted octanol–water partition coefficient (Wildman–Crippen LogP) is 1.11. The van der Waals surface area contributed by atoms with E-state index in [9.17, 15) is 14.4 Å². The van der Waals surface area contributed by atoms with E-state index in [1.165, 1.54) is 27.4 Å². The highest BCUT2D eigenvalue weighted by Crippen LogP contribution is 2.18. The molecule has 0 amide bonds. The average molecular weight is 293 g/mol. The third-order valence-corrected chi connectivity index (χ3v) is 2.47. The van der Waals surface area contributed by atoms with Crippen LogP contribution in [0, 0.1) is 0 Å². The lowest BCUT2D eigenvalue weighted by Gasteiger charge is -2.12. The van der Waals surface area contributed by atoms with Crippen molar-refractivity contribution in [3.05, 3.63) is 41.6 Å². The third kappa shape index (κ3) is 4.34. The third-order valence-electron chi connectivity index (χ3n) is 2.47. The molecule has 0 fully saturated rings. The molecule has 0 unspecified atom stereocenters. The first-order valence-corrected chi connectivity index (χ1v) is 5.85. The first-order valence-electron chi connectivity index (χ1n) is 5.85. The molecular formula is C14H15NO6. The lowest BCUT2D eigenvalue weighted by atomic mass is 10.1. The van der Waals surface area contributed by atoms with E-state index in [0.29, 0.717) is 5.69 Å². The molecule has 0 saturated carbocycles. The topological polar surface area (TPSA) is 90.9 Å². The summed E-state index contributed by atoms with van der Waals surface area (Å²) in [5.74, 6) is -2.10. The second-order valence-corrected chi connectivity index (χ2v) is 3.73. The van der Waals surface area contributed by atoms with Crippen molar-refractivity contribution in [3.8, 4) is 0 Å². The molecule has 7 nitrogen and oxygen atoms in total. The molecule has 1 aromatic carbocycles. The summed E-state index contributed by atoms with van der Waals surface area (Å²) in [6, 6.07) is 6.36. The Labute approximate surface area is 121 Å². The molecule has 0 radical (unpaired) electrons. The number of rotatable bonds is 5. The summed E-state index contributed by atoms with van der Waals surface area (Å²) in [7, 11) is 3.59. The van der Waals surface area contributed by atoms with Gasteiger partial charge in [-0.3, -0.25) is 0 Å². The van der Waals surface area contributed by atoms with E-state index in [0.717, 1.165) is 6.08 Å². The van der Waals surface area contributed by atoms with Crippen LogP contribution in [0.4, 0.5) is 5.69 Å². The van der Waals surface area contributed by atoms with Crippen LogP contribution in [0.3, 0.4) is 0 Å². The normalized spacial score (nSPS) is 10.5. The first kappa shape index (κ1) is 16.2. The van der Waals surface area contributed by atoms with Crippen LogP contribution in [0.1, 0.15) is 10.4 Å². The quantitative estimate of drug-likeness (QED) is 0.494. The van der Waals surface area contributed by atoms with Crippen LogP contribution in [-0.4, -0.2) is 39.2 Å². The van der Waals surface area contributed by atoms with Crippen molar-refractivity contribution in [3.63, 3.8) is 0 Å². The summed E-state index contributed by atoms with van der Waals surface area (Å²) in [5, 5.41) is 2.66. The van der Waals surface area contributed by atoms with Gasteiger partial charge in [0.15, 0.2) is 0 Å². The van der Waals surface area contributed by atoms with Gasteiger partial charge in [-0.15, -0.1) is 0 Å². The summed E-state index contributed by atoms with van der Waals surface area (Å²) >= 11 is 0. The largest absolute Gasteiger partial charge is 0.466 e. The lowest BCUT2D eigenvalue weighted by Crippen LogP contribution is -2.17. The minimum atomic E-state index is -0.778. The number of nitrogens with one attached hydrogen (secondary N) is 1. The van der Waals surface area contributed by atoms with Gasteiger partial charge in [-0.25, -0.2) is 14.4 Å². The highest BCUT2D eigenvalue weighted by Gasteiger charge is 2.17. The van der Waals surface area contributed by atoms with E-state index in [1.54, 1.807) is 18.2 Å². The van der Waals surface area contributed by atoms with Crippen molar-refractivity contribution in [1.82, 2.24) is 0 Å². The standard InChI is InChI=1S/C14H15NO6/c1-19-12(16)8-11(14(18)21-3)15-10-7-5-4-6-9(10)13(17)20-2/h4-8,15H,1-3H3/b11-8+. The van der Waals surface area contributed by atoms with Crippen molar-refractivity contribution in [1.29, 1.82) is 0 Å². The number of hydrogen-bond donors (Lipinski definition) is 1. The maximum Gasteiger partial charge on any atom is 0.354 e. The molecule has 0 saturated heterocycles. The smallest absolute Gasteiger partial charge is 0.354 e. The molecule has 21 heavy (non-hydrogen) atoms. The molecule has 1 rings (SSSR count). The molecule has 0 heterocycles. The second-order valence-electron chi connectivity index (χ2n) is 3.73. The fourth-order valence-electron chi connectivity index (χ4n) is 1.46. The Morgan fingerprint density at radius 3 is 2.24 bits per heavy atom. The molecule has 0 bridgehead atoms. The number of ether oxygens (including phenoxy) is 3. The molecule has 7 heteroatoms. The van der Waals surface area contributed by atoms with Gasteiger partial charge < -0.3 is 19.5 Å². The van der Waals surface area contributed by atoms with Crippen LogP contribution < -0.4 is 5.32 Å². The Balaban J connectivity index is 3.16. The summed E-state index contributed by atoms with van der Waals surface area (Å²) in [4.78, 5) is 34.6. The Morgan fingerprint density at radius 2 is 1.67 bits per heavy atom. The Kier molecular flexibility index (Phi) is 5.94. The van der Waals surface area contributed by atoms with Gasteiger partial charge in [0.05, 0.1) is 38.7 Å². The first-order chi connectivity index (χ1) is 10.0. The number of benzene rings is 1. The molecule has 1 aromatic rings. The number of para-hydroxylation sites is 1. The number of hydrogen-bond acceptors (Lipinski definition) is 7. The van der Waals surface area contributed by atoms with Gasteiger partial charge in [0, 0.05) is 0 Å². The van der Waals surface area contributed by atoms with Crippen LogP contribution in [0.5, 0.6) is 0 Å². The van der Waals surface area contributed by atoms with Gasteiger partial charge in [0.25, 0.3) is 0 Å². The van der Waals surface area contributed by atoms with Crippen molar-refractivity contribution in [2.24, 2.45) is 0 Å². The van der Waals surface area contributed by atoms with Crippen molar-refractivity contribution in [2.75, 3.05) is 26.6 Å². The van der Waals surface area contributed by atoms with E-state index in [4.69, 9.17) is 0 Å². The second kappa shape index (κ2) is 7.68. The maximum absolute atomic E-state index is 11.6. The summed E-state index contributed by atoms with van der Waals surface area (Å²) in [6.45, 7) is 0. The molecule has 0 aliphatic rings. The highest BCUT2D eigenvalue weighted by atomic mass is 16.5. The summed E-state index contributed by atoms with van der Waals surface area (Å²) in [6.07, 6.45) is 0.930. The Hall–Kier alpha value is -2.83. The predicted molar refractivity (Wildman–Crippen MR) is 73.5 cm³/mol. The van der Waals surface area contributed by atoms with Crippen molar-refractivity contribution < 1.29 is 28.6 Å². The fourth-order valence-corrected chi connectivity index (χ4v) is 1.46. The zero-order valence-electron chi connectivity index (χ0n) is 11.8. The van der Waals surface area contributed by atoms with E-state index in [1.807, 2.05) is 0 Å². The Bertz CT molecular complexity index is 579. The number of methoxy groups -OCH3 is 3. The fraction of sp³-hybridized carbons (Fsp3) is 0.214. The van der Waals surface area contributed by atoms with Gasteiger partial charge in [0.1, 0.15) is 5.70 Å². The van der Waals surface area contributed by atoms with Gasteiger partial charge in [-0.2, -0.15) is 0 Å². The molecule has 0 spiro atoms. The molecule has 0 aromatic heterocycles. The lowest BCUT2D eigenvalue weighted by molar-refractivity contribution is -0.138. The van der Waals surface area contributed by atoms with Crippen molar-refractivity contribution in [2.45, 2.75) is 0 Å². The highest BCUT2D eigenvalue weighted by molar-refractivity contribution is 6.01. The van der Waals surface area contributed by atoms with E-state index < -0.39 is 17.9 Å². The zero-order valence-corrected chi connectivity index (χ0v) is 11.8. The number of carbonyl (C=O) groups excluding carboxylic acids is 3. The molecule has 1 N–H and O–H groups in total. The molecule has 112 valence electrons. The maximum atomic E-state index is 11.6. The molecule has 0 aliphatic carbocycles. The van der Waals surface area contributed by atoms with Crippen LogP contribution in [0.2, 0.25) is 0 Å². The van der Waals surface area contributed by atoms with E-state index in [2.05, 4.69) is 19.5 Å². The number of anilines is 1. The molecule has 0 atom stereocenters. The minimum absolute atomic E-state index is 0.166. The van der Waals surface area contributed by atoms with Gasteiger partial charge in [-0.1, -0.05) is 12.1 Å². The van der Waals surface area contributed by atoms with Crippen LogP contribution >= 0.6 is 0 Å². The number of carbonyl (C=O) groups is 3. The van der Waals surface area contributed by atoms with Crippen LogP contribution in [0.25, 0.3) is 0 Å². The van der Waals surface area contributed by atoms with Gasteiger partial charge in [-0.05, 0) is 12.1 Å². The van der Waals surface area contributed by atoms with Gasteiger partial charge in [0.2, 0.25) is 0 Å². The van der Waals surface area contributed by atoms with Crippen molar-refractivity contribution >= 4 is 23.6 Å². The molecular weight excluding hydrogens is 278 g/mol. The molecule has 0 aliphatic heterocycles. The number of esters is 3. The Morgan fingerprint density at radius 1 is 1.00 bits per heavy atom. The summed E-state index contributed by atoms with van der Waals surface area (Å²) in [5.41, 5.74) is 0.338. The summed E-state index contributed by atoms with van der Waals surface area (Å²) < 4.78 is 13.7. The minimum Gasteiger partial charge on any atom is -0.466 e. The SMILES string of the molecule is COC(=O)/C=C(/Nc1ccccc1C(=O)OC)C(=O)OC. The van der Waals surface area contributed by atoms with E-state index >= 15 is 0 Å². The van der Waals surface area contributed by atoms with Gasteiger partial charge >= 0.3 is 17.9 Å². The average Bonchev–Trinajstić information content (AvgIpc) is 2.52. The van der Waals surface area contributed by atoms with E-state index in [-0.39, 0.29) is 11.3 Å². The van der Waals surface area contributed by atoms with Crippen LogP contribution in [-0.2, 0) is 23.8 Å².